The van der Waals surface area contributed by atoms with E-state index in [1.165, 1.54) is 19.6 Å². The summed E-state index contributed by atoms with van der Waals surface area (Å²) >= 11 is 0. The number of unbranched alkanes of at least 4 members (excludes halogenated alkanes) is 1. The Morgan fingerprint density at radius 1 is 0.938 bits per heavy atom. The van der Waals surface area contributed by atoms with Crippen LogP contribution in [0.5, 0.6) is 0 Å². The van der Waals surface area contributed by atoms with Gasteiger partial charge in [-0.15, -0.1) is 0 Å². The number of fused-ring (bicyclic) bond motifs is 1. The number of carbonyl (C=O) groups excluding carboxylic acids is 7. The van der Waals surface area contributed by atoms with E-state index in [0.717, 1.165) is 17.1 Å². The number of likely N-dealkylation sites (N-methyl/N-ethyl adjacent to an activating group) is 1. The standard InChI is InChI=1S/C41H56N12O12/c1-22(2)31(49-27(55)13-16-53-29(57)11-12-30(53)58)39(62)47-23(3)38(61)48-25-9-7-24(8-10-25)19-64-41(63)42-14-5-6-15-52(4)17-28(56)50-32-26(18-54)65-40(35(60)34(32)59)51-37-33-36(44-20-43-33)45-21-46-37/h7-12,20-23,26,31-32,34-35,40,54,59-60H,5-6,13-19H2,1-4H3,(H,42,63)(H,47,62)(H,48,61)(H,49,55)(H,50,56)(H2,43,44,45,46,51)/t23-,26-,31-,32-,34+,35-,40-/m0/s1. The van der Waals surface area contributed by atoms with Crippen LogP contribution in [0.4, 0.5) is 16.3 Å². The monoisotopic (exact) mass is 908 g/mol. The molecule has 2 aliphatic heterocycles. The van der Waals surface area contributed by atoms with Crippen LogP contribution in [0.3, 0.4) is 0 Å². The summed E-state index contributed by atoms with van der Waals surface area (Å²) in [7, 11) is 1.72. The first kappa shape index (κ1) is 49.4. The zero-order valence-electron chi connectivity index (χ0n) is 36.4. The zero-order valence-corrected chi connectivity index (χ0v) is 36.4. The third kappa shape index (κ3) is 13.9. The van der Waals surface area contributed by atoms with Crippen LogP contribution in [0.15, 0.2) is 49.1 Å². The van der Waals surface area contributed by atoms with Gasteiger partial charge in [-0.3, -0.25) is 38.6 Å². The Balaban J connectivity index is 0.936. The Kier molecular flexibility index (Phi) is 17.8. The largest absolute Gasteiger partial charge is 0.445 e. The van der Waals surface area contributed by atoms with E-state index in [0.29, 0.717) is 48.3 Å². The summed E-state index contributed by atoms with van der Waals surface area (Å²) in [6.07, 6.45) is 0.0848. The summed E-state index contributed by atoms with van der Waals surface area (Å²) in [6.45, 7) is 4.94. The first-order valence-electron chi connectivity index (χ1n) is 21.0. The van der Waals surface area contributed by atoms with E-state index in [-0.39, 0.29) is 37.9 Å². The van der Waals surface area contributed by atoms with Crippen molar-refractivity contribution >= 4 is 64.2 Å². The van der Waals surface area contributed by atoms with E-state index in [1.807, 2.05) is 0 Å². The molecule has 1 aromatic carbocycles. The highest BCUT2D eigenvalue weighted by Crippen LogP contribution is 2.24. The number of imide groups is 1. The SMILES string of the molecule is CC(C)[C@H](NC(=O)CCN1C(=O)C=CC1=O)C(=O)N[C@@H](C)C(=O)Nc1ccc(COC(=O)NCCCCN(C)CC(=O)N[C@@H]2[C@@H](O)[C@H](O)[C@@H](Nc3ncnc4nc[nH]c34)O[C@H]2CO)cc1. The fourth-order valence-electron chi connectivity index (χ4n) is 6.83. The van der Waals surface area contributed by atoms with E-state index in [9.17, 15) is 48.9 Å². The van der Waals surface area contributed by atoms with Crippen LogP contribution in [0.25, 0.3) is 11.2 Å². The molecular formula is C41H56N12O12. The summed E-state index contributed by atoms with van der Waals surface area (Å²) in [5, 5.41) is 47.8. The fraction of sp³-hybridized carbons (Fsp3) is 0.512. The molecule has 3 aromatic rings. The number of aromatic nitrogens is 4. The smallest absolute Gasteiger partial charge is 0.407 e. The molecule has 7 atom stereocenters. The van der Waals surface area contributed by atoms with Gasteiger partial charge in [-0.25, -0.2) is 19.7 Å². The molecule has 0 bridgehead atoms. The number of amides is 7. The number of rotatable bonds is 22. The molecule has 4 heterocycles. The molecule has 2 aliphatic rings. The second kappa shape index (κ2) is 23.4. The summed E-state index contributed by atoms with van der Waals surface area (Å²) in [5.41, 5.74) is 1.89. The molecule has 10 N–H and O–H groups in total. The van der Waals surface area contributed by atoms with E-state index < -0.39 is 90.8 Å². The van der Waals surface area contributed by atoms with Gasteiger partial charge >= 0.3 is 6.09 Å². The number of carbonyl (C=O) groups is 7. The van der Waals surface area contributed by atoms with Crippen molar-refractivity contribution in [2.24, 2.45) is 5.92 Å². The molecule has 0 aliphatic carbocycles. The lowest BCUT2D eigenvalue weighted by atomic mass is 9.95. The number of hydrogen-bond acceptors (Lipinski definition) is 17. The third-order valence-electron chi connectivity index (χ3n) is 10.5. The van der Waals surface area contributed by atoms with Gasteiger partial charge in [-0.1, -0.05) is 26.0 Å². The molecule has 0 unspecified atom stereocenters. The minimum absolute atomic E-state index is 0.0447. The molecule has 5 rings (SSSR count). The maximum absolute atomic E-state index is 13.0. The Bertz CT molecular complexity index is 2170. The summed E-state index contributed by atoms with van der Waals surface area (Å²) in [6, 6.07) is 3.47. The van der Waals surface area contributed by atoms with E-state index in [4.69, 9.17) is 9.47 Å². The van der Waals surface area contributed by atoms with Gasteiger partial charge in [0, 0.05) is 37.3 Å². The molecule has 24 heteroatoms. The first-order valence-corrected chi connectivity index (χ1v) is 21.0. The number of H-pyrrole nitrogens is 1. The number of nitrogens with one attached hydrogen (secondary N) is 7. The first-order chi connectivity index (χ1) is 31.0. The predicted octanol–water partition coefficient (Wildman–Crippen LogP) is -1.77. The molecule has 7 amide bonds. The maximum atomic E-state index is 13.0. The number of hydrogen-bond donors (Lipinski definition) is 10. The molecule has 65 heavy (non-hydrogen) atoms. The van der Waals surface area contributed by atoms with Crippen molar-refractivity contribution in [3.63, 3.8) is 0 Å². The van der Waals surface area contributed by atoms with E-state index in [1.54, 1.807) is 50.1 Å². The summed E-state index contributed by atoms with van der Waals surface area (Å²) in [5.74, 6) is -3.21. The number of aliphatic hydroxyl groups is 3. The number of aliphatic hydroxyl groups excluding tert-OH is 3. The predicted molar refractivity (Wildman–Crippen MR) is 230 cm³/mol. The molecular weight excluding hydrogens is 853 g/mol. The van der Waals surface area contributed by atoms with Crippen molar-refractivity contribution in [2.45, 2.75) is 89.3 Å². The number of imidazole rings is 1. The molecule has 2 aromatic heterocycles. The number of ether oxygens (including phenoxy) is 2. The fourth-order valence-corrected chi connectivity index (χ4v) is 6.83. The van der Waals surface area contributed by atoms with Crippen LogP contribution in [0.1, 0.15) is 45.6 Å². The second-order valence-corrected chi connectivity index (χ2v) is 15.9. The van der Waals surface area contributed by atoms with Gasteiger partial charge in [0.15, 0.2) is 17.7 Å². The van der Waals surface area contributed by atoms with Crippen LogP contribution in [0.2, 0.25) is 0 Å². The van der Waals surface area contributed by atoms with Gasteiger partial charge in [0.05, 0.1) is 25.5 Å². The lowest BCUT2D eigenvalue weighted by Gasteiger charge is -2.42. The molecule has 352 valence electrons. The zero-order chi connectivity index (χ0) is 47.2. The number of anilines is 2. The van der Waals surface area contributed by atoms with E-state index >= 15 is 0 Å². The van der Waals surface area contributed by atoms with Crippen molar-refractivity contribution in [3.05, 3.63) is 54.6 Å². The second-order valence-electron chi connectivity index (χ2n) is 15.9. The van der Waals surface area contributed by atoms with E-state index in [2.05, 4.69) is 51.8 Å². The highest BCUT2D eigenvalue weighted by molar-refractivity contribution is 6.13. The van der Waals surface area contributed by atoms with Crippen molar-refractivity contribution in [1.29, 1.82) is 0 Å². The van der Waals surface area contributed by atoms with Crippen LogP contribution >= 0.6 is 0 Å². The molecule has 1 fully saturated rings. The van der Waals surface area contributed by atoms with Gasteiger partial charge in [0.1, 0.15) is 48.8 Å². The van der Waals surface area contributed by atoms with Gasteiger partial charge < -0.3 is 61.7 Å². The van der Waals surface area contributed by atoms with Crippen molar-refractivity contribution in [2.75, 3.05) is 50.5 Å². The van der Waals surface area contributed by atoms with Crippen LogP contribution in [-0.4, -0.2) is 169 Å². The lowest BCUT2D eigenvalue weighted by Crippen LogP contribution is -2.66. The number of benzene rings is 1. The number of alkyl carbamates (subject to hydrolysis) is 1. The van der Waals surface area contributed by atoms with Crippen LogP contribution in [0, 0.1) is 5.92 Å². The third-order valence-corrected chi connectivity index (χ3v) is 10.5. The Labute approximate surface area is 373 Å². The Hall–Kier alpha value is -6.60. The van der Waals surface area contributed by atoms with Crippen LogP contribution < -0.4 is 31.9 Å². The molecule has 24 nitrogen and oxygen atoms in total. The number of aromatic amines is 1. The average molecular weight is 909 g/mol. The molecule has 0 spiro atoms. The minimum atomic E-state index is -1.50. The molecule has 0 radical (unpaired) electrons. The van der Waals surface area contributed by atoms with Crippen molar-refractivity contribution in [3.8, 4) is 0 Å². The van der Waals surface area contributed by atoms with Crippen molar-refractivity contribution in [1.82, 2.24) is 51.0 Å². The van der Waals surface area contributed by atoms with Gasteiger partial charge in [-0.2, -0.15) is 0 Å². The average Bonchev–Trinajstić information content (AvgIpc) is 3.89. The highest BCUT2D eigenvalue weighted by Gasteiger charge is 2.45. The topological polar surface area (TPSA) is 332 Å². The molecule has 1 saturated heterocycles. The molecule has 0 saturated carbocycles. The lowest BCUT2D eigenvalue weighted by molar-refractivity contribution is -0.185. The van der Waals surface area contributed by atoms with Crippen LogP contribution in [-0.2, 0) is 44.8 Å². The van der Waals surface area contributed by atoms with Gasteiger partial charge in [0.2, 0.25) is 23.6 Å². The normalized spacial score (nSPS) is 20.4. The number of nitrogens with zero attached hydrogens (tertiary/aromatic N) is 5. The van der Waals surface area contributed by atoms with Gasteiger partial charge in [-0.05, 0) is 57.0 Å². The summed E-state index contributed by atoms with van der Waals surface area (Å²) < 4.78 is 11.1. The Morgan fingerprint density at radius 2 is 1.66 bits per heavy atom. The highest BCUT2D eigenvalue weighted by atomic mass is 16.6. The summed E-state index contributed by atoms with van der Waals surface area (Å²) in [4.78, 5) is 105. The maximum Gasteiger partial charge on any atom is 0.407 e. The minimum Gasteiger partial charge on any atom is -0.445 e. The van der Waals surface area contributed by atoms with Crippen molar-refractivity contribution < 1.29 is 58.4 Å². The Morgan fingerprint density at radius 3 is 2.35 bits per heavy atom. The van der Waals surface area contributed by atoms with Gasteiger partial charge in [0.25, 0.3) is 11.8 Å². The quantitative estimate of drug-likeness (QED) is 0.0394.